The fraction of sp³-hybridized carbons (Fsp3) is 0.375. The third-order valence-electron chi connectivity index (χ3n) is 1.64. The van der Waals surface area contributed by atoms with Crippen LogP contribution in [0.25, 0.3) is 0 Å². The second-order valence-electron chi connectivity index (χ2n) is 2.26. The van der Waals surface area contributed by atoms with E-state index in [9.17, 15) is 0 Å². The molecule has 10 heavy (non-hydrogen) atoms. The zero-order valence-corrected chi connectivity index (χ0v) is 7.77. The van der Waals surface area contributed by atoms with Crippen LogP contribution in [-0.4, -0.2) is 4.98 Å². The van der Waals surface area contributed by atoms with Crippen molar-refractivity contribution in [1.29, 1.82) is 0 Å². The first-order valence-corrected chi connectivity index (χ1v) is 4.14. The van der Waals surface area contributed by atoms with Crippen LogP contribution in [0.2, 0.25) is 0 Å². The predicted molar refractivity (Wildman–Crippen MR) is 46.1 cm³/mol. The Morgan fingerprint density at radius 2 is 2.20 bits per heavy atom. The topological polar surface area (TPSA) is 12.9 Å². The highest BCUT2D eigenvalue weighted by Crippen LogP contribution is 2.17. The Morgan fingerprint density at radius 3 is 2.70 bits per heavy atom. The van der Waals surface area contributed by atoms with Gasteiger partial charge in [-0.25, -0.2) is 0 Å². The van der Waals surface area contributed by atoms with Crippen LogP contribution in [0, 0.1) is 6.92 Å². The van der Waals surface area contributed by atoms with Crippen molar-refractivity contribution < 1.29 is 0 Å². The Balaban J connectivity index is 3.14. The van der Waals surface area contributed by atoms with Gasteiger partial charge in [0.25, 0.3) is 0 Å². The van der Waals surface area contributed by atoms with Crippen molar-refractivity contribution in [1.82, 2.24) is 4.98 Å². The van der Waals surface area contributed by atoms with Gasteiger partial charge in [-0.3, -0.25) is 4.98 Å². The molecule has 2 heteroatoms. The maximum Gasteiger partial charge on any atom is 0.0413 e. The van der Waals surface area contributed by atoms with Crippen molar-refractivity contribution in [3.05, 3.63) is 28.0 Å². The summed E-state index contributed by atoms with van der Waals surface area (Å²) in [6.45, 7) is 4.24. The highest BCUT2D eigenvalue weighted by Gasteiger charge is 1.98. The molecule has 1 aromatic heterocycles. The first kappa shape index (κ1) is 7.73. The van der Waals surface area contributed by atoms with E-state index in [0.717, 1.165) is 10.9 Å². The molecule has 1 aromatic rings. The molecular weight excluding hydrogens is 190 g/mol. The summed E-state index contributed by atoms with van der Waals surface area (Å²) in [4.78, 5) is 4.07. The second-order valence-corrected chi connectivity index (χ2v) is 3.11. The summed E-state index contributed by atoms with van der Waals surface area (Å²) in [5, 5.41) is 0. The number of hydrogen-bond acceptors (Lipinski definition) is 1. The summed E-state index contributed by atoms with van der Waals surface area (Å²) < 4.78 is 1.10. The molecule has 0 spiro atoms. The molecule has 0 aliphatic carbocycles. The minimum absolute atomic E-state index is 1.05. The molecule has 0 fully saturated rings. The van der Waals surface area contributed by atoms with Crippen LogP contribution < -0.4 is 0 Å². The molecule has 0 unspecified atom stereocenters. The average molecular weight is 200 g/mol. The molecule has 1 rings (SSSR count). The third kappa shape index (κ3) is 1.37. The first-order valence-electron chi connectivity index (χ1n) is 3.34. The third-order valence-corrected chi connectivity index (χ3v) is 2.44. The molecule has 1 heterocycles. The number of aryl methyl sites for hydroxylation is 1. The Morgan fingerprint density at radius 1 is 1.50 bits per heavy atom. The van der Waals surface area contributed by atoms with Gasteiger partial charge in [0.05, 0.1) is 0 Å². The maximum absolute atomic E-state index is 4.07. The lowest BCUT2D eigenvalue weighted by Crippen LogP contribution is -1.88. The molecule has 1 nitrogen and oxygen atoms in total. The van der Waals surface area contributed by atoms with Crippen LogP contribution in [-0.2, 0) is 6.42 Å². The highest BCUT2D eigenvalue weighted by molar-refractivity contribution is 9.10. The van der Waals surface area contributed by atoms with Gasteiger partial charge in [-0.1, -0.05) is 6.92 Å². The number of halogens is 1. The quantitative estimate of drug-likeness (QED) is 0.679. The van der Waals surface area contributed by atoms with Gasteiger partial charge in [-0.05, 0) is 40.4 Å². The van der Waals surface area contributed by atoms with E-state index in [1.807, 2.05) is 12.4 Å². The molecule has 0 saturated carbocycles. The van der Waals surface area contributed by atoms with Crippen molar-refractivity contribution in [2.24, 2.45) is 0 Å². The first-order chi connectivity index (χ1) is 4.75. The Hall–Kier alpha value is -0.370. The van der Waals surface area contributed by atoms with Crippen molar-refractivity contribution >= 4 is 15.9 Å². The lowest BCUT2D eigenvalue weighted by atomic mass is 10.1. The van der Waals surface area contributed by atoms with E-state index < -0.39 is 0 Å². The number of hydrogen-bond donors (Lipinski definition) is 0. The zero-order valence-electron chi connectivity index (χ0n) is 6.19. The molecule has 0 amide bonds. The van der Waals surface area contributed by atoms with E-state index in [1.54, 1.807) is 0 Å². The van der Waals surface area contributed by atoms with Crippen molar-refractivity contribution in [2.45, 2.75) is 20.3 Å². The molecule has 0 aliphatic rings. The van der Waals surface area contributed by atoms with Crippen LogP contribution in [0.15, 0.2) is 16.9 Å². The van der Waals surface area contributed by atoms with Crippen LogP contribution in [0.5, 0.6) is 0 Å². The fourth-order valence-corrected chi connectivity index (χ4v) is 1.27. The van der Waals surface area contributed by atoms with Gasteiger partial charge in [0.2, 0.25) is 0 Å². The zero-order chi connectivity index (χ0) is 7.56. The molecule has 0 radical (unpaired) electrons. The summed E-state index contributed by atoms with van der Waals surface area (Å²) in [6.07, 6.45) is 4.80. The predicted octanol–water partition coefficient (Wildman–Crippen LogP) is 2.71. The van der Waals surface area contributed by atoms with E-state index in [0.29, 0.717) is 0 Å². The van der Waals surface area contributed by atoms with Gasteiger partial charge in [-0.2, -0.15) is 0 Å². The van der Waals surface area contributed by atoms with Gasteiger partial charge in [-0.15, -0.1) is 0 Å². The number of aromatic nitrogens is 1. The molecule has 0 saturated heterocycles. The number of rotatable bonds is 1. The largest absolute Gasteiger partial charge is 0.263 e. The molecule has 0 aromatic carbocycles. The summed E-state index contributed by atoms with van der Waals surface area (Å²) in [5.74, 6) is 0. The van der Waals surface area contributed by atoms with Crippen LogP contribution in [0.1, 0.15) is 18.1 Å². The van der Waals surface area contributed by atoms with Crippen molar-refractivity contribution in [3.63, 3.8) is 0 Å². The van der Waals surface area contributed by atoms with Gasteiger partial charge in [0, 0.05) is 16.9 Å². The van der Waals surface area contributed by atoms with Crippen molar-refractivity contribution in [2.75, 3.05) is 0 Å². The molecule has 0 bridgehead atoms. The Kier molecular flexibility index (Phi) is 2.44. The average Bonchev–Trinajstić information content (AvgIpc) is 1.95. The monoisotopic (exact) mass is 199 g/mol. The number of nitrogens with zero attached hydrogens (tertiary/aromatic N) is 1. The summed E-state index contributed by atoms with van der Waals surface area (Å²) in [5.41, 5.74) is 2.62. The van der Waals surface area contributed by atoms with Crippen molar-refractivity contribution in [3.8, 4) is 0 Å². The van der Waals surface area contributed by atoms with Crippen LogP contribution in [0.4, 0.5) is 0 Å². The van der Waals surface area contributed by atoms with Crippen LogP contribution >= 0.6 is 15.9 Å². The van der Waals surface area contributed by atoms with E-state index in [4.69, 9.17) is 0 Å². The van der Waals surface area contributed by atoms with Gasteiger partial charge < -0.3 is 0 Å². The second kappa shape index (κ2) is 3.15. The van der Waals surface area contributed by atoms with Gasteiger partial charge in [0.15, 0.2) is 0 Å². The van der Waals surface area contributed by atoms with E-state index >= 15 is 0 Å². The highest BCUT2D eigenvalue weighted by atomic mass is 79.9. The summed E-state index contributed by atoms with van der Waals surface area (Å²) in [7, 11) is 0. The van der Waals surface area contributed by atoms with E-state index in [1.165, 1.54) is 11.1 Å². The van der Waals surface area contributed by atoms with E-state index in [2.05, 4.69) is 34.8 Å². The lowest BCUT2D eigenvalue weighted by Gasteiger charge is -2.01. The van der Waals surface area contributed by atoms with Gasteiger partial charge >= 0.3 is 0 Å². The molecule has 0 atom stereocenters. The van der Waals surface area contributed by atoms with Crippen LogP contribution in [0.3, 0.4) is 0 Å². The standard InChI is InChI=1S/C8H10BrN/c1-3-7-4-10-5-8(9)6(7)2/h4-5H,3H2,1-2H3. The van der Waals surface area contributed by atoms with Gasteiger partial charge in [0.1, 0.15) is 0 Å². The minimum atomic E-state index is 1.05. The van der Waals surface area contributed by atoms with E-state index in [-0.39, 0.29) is 0 Å². The Bertz CT molecular complexity index is 233. The molecule has 54 valence electrons. The SMILES string of the molecule is CCc1cncc(Br)c1C. The lowest BCUT2D eigenvalue weighted by molar-refractivity contribution is 1.06. The Labute approximate surface area is 69.6 Å². The normalized spacial score (nSPS) is 9.90. The molecule has 0 N–H and O–H groups in total. The maximum atomic E-state index is 4.07. The summed E-state index contributed by atoms with van der Waals surface area (Å²) in [6, 6.07) is 0. The summed E-state index contributed by atoms with van der Waals surface area (Å²) >= 11 is 3.42. The number of pyridine rings is 1. The fourth-order valence-electron chi connectivity index (χ4n) is 0.896. The minimum Gasteiger partial charge on any atom is -0.263 e. The smallest absolute Gasteiger partial charge is 0.0413 e. The molecular formula is C8H10BrN. The molecule has 0 aliphatic heterocycles.